The first-order valence-electron chi connectivity index (χ1n) is 11.5. The molecule has 32 heavy (non-hydrogen) atoms. The Balaban J connectivity index is 1.66. The monoisotopic (exact) mass is 566 g/mol. The second kappa shape index (κ2) is 9.29. The predicted molar refractivity (Wildman–Crippen MR) is 133 cm³/mol. The van der Waals surface area contributed by atoms with Gasteiger partial charge in [0.2, 0.25) is 0 Å². The molecule has 172 valence electrons. The van der Waals surface area contributed by atoms with E-state index in [9.17, 15) is 13.6 Å². The Morgan fingerprint density at radius 3 is 1.50 bits per heavy atom. The second-order valence-electron chi connectivity index (χ2n) is 9.78. The minimum Gasteiger partial charge on any atom is -0.299 e. The van der Waals surface area contributed by atoms with Gasteiger partial charge in [-0.25, -0.2) is 8.78 Å². The van der Waals surface area contributed by atoms with E-state index in [-0.39, 0.29) is 40.1 Å². The Bertz CT molecular complexity index is 943. The number of Topliss-reactive ketones (excluding diaryl/α,β-unsaturated/α-hetero) is 1. The van der Waals surface area contributed by atoms with Gasteiger partial charge in [-0.2, -0.15) is 0 Å². The zero-order valence-electron chi connectivity index (χ0n) is 18.7. The fourth-order valence-electron chi connectivity index (χ4n) is 6.32. The number of carbonyl (C=O) groups is 1. The molecule has 0 aliphatic heterocycles. The Labute approximate surface area is 206 Å². The van der Waals surface area contributed by atoms with E-state index in [1.165, 1.54) is 12.1 Å². The molecule has 5 heteroatoms. The number of rotatable bonds is 8. The highest BCUT2D eigenvalue weighted by atomic mass is 79.9. The highest BCUT2D eigenvalue weighted by Crippen LogP contribution is 2.52. The Morgan fingerprint density at radius 1 is 0.781 bits per heavy atom. The van der Waals surface area contributed by atoms with Gasteiger partial charge in [0.1, 0.15) is 17.4 Å². The first kappa shape index (κ1) is 24.1. The topological polar surface area (TPSA) is 17.1 Å². The third-order valence-electron chi connectivity index (χ3n) is 8.39. The first-order valence-corrected chi connectivity index (χ1v) is 13.8. The summed E-state index contributed by atoms with van der Waals surface area (Å²) in [5.41, 5.74) is 3.99. The van der Waals surface area contributed by atoms with Crippen LogP contribution in [0.1, 0.15) is 48.9 Å². The molecule has 4 unspecified atom stereocenters. The van der Waals surface area contributed by atoms with Crippen LogP contribution in [-0.4, -0.2) is 16.4 Å². The van der Waals surface area contributed by atoms with Crippen molar-refractivity contribution in [2.24, 2.45) is 22.7 Å². The van der Waals surface area contributed by atoms with Crippen molar-refractivity contribution in [3.63, 3.8) is 0 Å². The summed E-state index contributed by atoms with van der Waals surface area (Å²) in [4.78, 5) is 14.2. The summed E-state index contributed by atoms with van der Waals surface area (Å²) in [7, 11) is 0. The summed E-state index contributed by atoms with van der Waals surface area (Å²) in [6.07, 6.45) is 4.81. The number of fused-ring (bicyclic) bond motifs is 2. The molecule has 0 fully saturated rings. The number of ketones is 1. The minimum absolute atomic E-state index is 0.158. The smallest absolute Gasteiger partial charge is 0.141 e. The van der Waals surface area contributed by atoms with Gasteiger partial charge in [-0.3, -0.25) is 4.79 Å². The maximum absolute atomic E-state index is 14.2. The van der Waals surface area contributed by atoms with Gasteiger partial charge in [-0.1, -0.05) is 57.8 Å². The molecule has 0 saturated carbocycles. The lowest BCUT2D eigenvalue weighted by atomic mass is 9.62. The number of alkyl halides is 2. The average Bonchev–Trinajstić information content (AvgIpc) is 3.33. The molecule has 2 aromatic rings. The van der Waals surface area contributed by atoms with Crippen LogP contribution in [0.25, 0.3) is 0 Å². The van der Waals surface area contributed by atoms with Gasteiger partial charge in [0.25, 0.3) is 0 Å². The highest BCUT2D eigenvalue weighted by Gasteiger charge is 2.51. The Kier molecular flexibility index (Phi) is 6.99. The third kappa shape index (κ3) is 4.02. The number of hydrogen-bond acceptors (Lipinski definition) is 1. The molecule has 0 N–H and O–H groups in total. The number of benzene rings is 2. The lowest BCUT2D eigenvalue weighted by Gasteiger charge is -2.42. The van der Waals surface area contributed by atoms with E-state index in [1.54, 1.807) is 12.1 Å². The van der Waals surface area contributed by atoms with Crippen LogP contribution in [0, 0.1) is 34.3 Å². The summed E-state index contributed by atoms with van der Waals surface area (Å²) in [6.45, 7) is 4.30. The van der Waals surface area contributed by atoms with Gasteiger partial charge in [-0.05, 0) is 95.9 Å². The van der Waals surface area contributed by atoms with Gasteiger partial charge in [-0.15, -0.1) is 0 Å². The van der Waals surface area contributed by atoms with Crippen molar-refractivity contribution in [1.29, 1.82) is 0 Å². The van der Waals surface area contributed by atoms with E-state index in [1.807, 2.05) is 12.1 Å². The number of carbonyl (C=O) groups excluding carboxylic acids is 1. The van der Waals surface area contributed by atoms with Crippen LogP contribution in [0.4, 0.5) is 8.78 Å². The van der Waals surface area contributed by atoms with Crippen LogP contribution in [-0.2, 0) is 30.5 Å². The lowest BCUT2D eigenvalue weighted by molar-refractivity contribution is -0.133. The van der Waals surface area contributed by atoms with Crippen molar-refractivity contribution >= 4 is 37.6 Å². The van der Waals surface area contributed by atoms with Crippen molar-refractivity contribution < 1.29 is 13.6 Å². The first-order chi connectivity index (χ1) is 15.3. The molecule has 0 spiro atoms. The SMILES string of the molecule is CCC1(C(CBr)C(=O)C(CBr)C2(CC)Cc3ccc(F)cc3C2)Cc2ccc(F)cc2C1. The maximum atomic E-state index is 14.2. The molecular weight excluding hydrogens is 538 g/mol. The number of halogens is 4. The lowest BCUT2D eigenvalue weighted by Crippen LogP contribution is -2.46. The summed E-state index contributed by atoms with van der Waals surface area (Å²) in [6, 6.07) is 10.1. The normalized spacial score (nSPS) is 25.9. The molecule has 0 bridgehead atoms. The molecule has 4 atom stereocenters. The molecule has 1 nitrogen and oxygen atoms in total. The molecule has 0 saturated heterocycles. The average molecular weight is 568 g/mol. The molecule has 0 aromatic heterocycles. The molecule has 0 amide bonds. The fraction of sp³-hybridized carbons (Fsp3) is 0.519. The van der Waals surface area contributed by atoms with Crippen molar-refractivity contribution in [2.75, 3.05) is 10.7 Å². The third-order valence-corrected chi connectivity index (χ3v) is 9.68. The fourth-order valence-corrected chi connectivity index (χ4v) is 8.33. The predicted octanol–water partition coefficient (Wildman–Crippen LogP) is 7.25. The molecular formula is C27H30Br2F2O. The van der Waals surface area contributed by atoms with E-state index in [4.69, 9.17) is 0 Å². The molecule has 0 heterocycles. The van der Waals surface area contributed by atoms with Gasteiger partial charge >= 0.3 is 0 Å². The van der Waals surface area contributed by atoms with Crippen LogP contribution in [0.2, 0.25) is 0 Å². The van der Waals surface area contributed by atoms with Crippen molar-refractivity contribution in [2.45, 2.75) is 52.4 Å². The summed E-state index contributed by atoms with van der Waals surface area (Å²) in [5.74, 6) is -0.457. The van der Waals surface area contributed by atoms with Crippen molar-refractivity contribution in [3.05, 3.63) is 70.3 Å². The zero-order chi connectivity index (χ0) is 23.1. The van der Waals surface area contributed by atoms with Crippen LogP contribution in [0.3, 0.4) is 0 Å². The largest absolute Gasteiger partial charge is 0.299 e. The van der Waals surface area contributed by atoms with E-state index in [0.29, 0.717) is 10.7 Å². The zero-order valence-corrected chi connectivity index (χ0v) is 21.9. The quantitative estimate of drug-likeness (QED) is 0.307. The van der Waals surface area contributed by atoms with Crippen LogP contribution < -0.4 is 0 Å². The molecule has 4 rings (SSSR count). The van der Waals surface area contributed by atoms with Gasteiger partial charge in [0, 0.05) is 22.5 Å². The van der Waals surface area contributed by atoms with Gasteiger partial charge in [0.15, 0.2) is 0 Å². The van der Waals surface area contributed by atoms with Gasteiger partial charge < -0.3 is 0 Å². The summed E-state index contributed by atoms with van der Waals surface area (Å²) < 4.78 is 27.8. The number of hydrogen-bond donors (Lipinski definition) is 0. The standard InChI is InChI=1S/C27H30Br2F2O/c1-3-26(11-17-5-7-21(30)9-19(17)13-26)23(15-28)25(32)24(16-29)27(4-2)12-18-6-8-22(31)10-20(18)14-27/h5-10,23-24H,3-4,11-16H2,1-2H3. The Morgan fingerprint density at radius 2 is 1.16 bits per heavy atom. The molecule has 2 aliphatic rings. The molecule has 2 aliphatic carbocycles. The van der Waals surface area contributed by atoms with E-state index in [2.05, 4.69) is 45.7 Å². The highest BCUT2D eigenvalue weighted by molar-refractivity contribution is 9.09. The van der Waals surface area contributed by atoms with E-state index >= 15 is 0 Å². The molecule has 0 radical (unpaired) electrons. The van der Waals surface area contributed by atoms with Crippen LogP contribution in [0.5, 0.6) is 0 Å². The summed E-state index contributed by atoms with van der Waals surface area (Å²) >= 11 is 7.37. The molecule has 2 aromatic carbocycles. The van der Waals surface area contributed by atoms with E-state index in [0.717, 1.165) is 60.8 Å². The van der Waals surface area contributed by atoms with Crippen molar-refractivity contribution in [1.82, 2.24) is 0 Å². The van der Waals surface area contributed by atoms with Crippen LogP contribution >= 0.6 is 31.9 Å². The summed E-state index contributed by atoms with van der Waals surface area (Å²) in [5, 5.41) is 1.20. The maximum Gasteiger partial charge on any atom is 0.141 e. The minimum atomic E-state index is -0.211. The van der Waals surface area contributed by atoms with Gasteiger partial charge in [0.05, 0.1) is 0 Å². The Hall–Kier alpha value is -1.07. The second-order valence-corrected chi connectivity index (χ2v) is 11.1. The van der Waals surface area contributed by atoms with Crippen molar-refractivity contribution in [3.8, 4) is 0 Å². The van der Waals surface area contributed by atoms with Crippen LogP contribution in [0.15, 0.2) is 36.4 Å². The van der Waals surface area contributed by atoms with E-state index < -0.39 is 0 Å².